The Labute approximate surface area is 157 Å². The summed E-state index contributed by atoms with van der Waals surface area (Å²) in [5.41, 5.74) is 1.62. The summed E-state index contributed by atoms with van der Waals surface area (Å²) >= 11 is 0. The number of nitriles is 1. The lowest BCUT2D eigenvalue weighted by Crippen LogP contribution is -2.42. The molecule has 27 heavy (non-hydrogen) atoms. The van der Waals surface area contributed by atoms with Crippen molar-refractivity contribution in [1.29, 1.82) is 5.26 Å². The number of rotatable bonds is 4. The molecule has 1 unspecified atom stereocenters. The standard InChI is InChI=1S/C20H22FN5O/c21-14-3-4-18-17(10-14)19(5-7-23-18)24-15-6-9-25(12-15)13-20(27)26-8-1-2-16(26)11-22/h3-5,7,10,15-16H,1-2,6,8-9,12-13H2,(H,23,24)/t15-,16?/m1/s1. The van der Waals surface area contributed by atoms with Crippen molar-refractivity contribution in [2.45, 2.75) is 31.3 Å². The molecule has 0 spiro atoms. The van der Waals surface area contributed by atoms with Crippen molar-refractivity contribution in [3.8, 4) is 6.07 Å². The summed E-state index contributed by atoms with van der Waals surface area (Å²) in [6.45, 7) is 2.60. The van der Waals surface area contributed by atoms with E-state index in [2.05, 4.69) is 21.3 Å². The van der Waals surface area contributed by atoms with Gasteiger partial charge in [0.15, 0.2) is 0 Å². The maximum absolute atomic E-state index is 13.6. The summed E-state index contributed by atoms with van der Waals surface area (Å²) in [6, 6.07) is 8.59. The van der Waals surface area contributed by atoms with Gasteiger partial charge in [0.25, 0.3) is 0 Å². The Kier molecular flexibility index (Phi) is 4.90. The highest BCUT2D eigenvalue weighted by molar-refractivity contribution is 5.91. The van der Waals surface area contributed by atoms with Gasteiger partial charge in [-0.05, 0) is 43.5 Å². The molecule has 2 saturated heterocycles. The smallest absolute Gasteiger partial charge is 0.237 e. The molecule has 0 bridgehead atoms. The SMILES string of the molecule is N#CC1CCCN1C(=O)CN1CC[C@@H](Nc2ccnc3ccc(F)cc23)C1. The number of pyridine rings is 1. The zero-order valence-corrected chi connectivity index (χ0v) is 15.1. The Morgan fingerprint density at radius 3 is 3.07 bits per heavy atom. The Bertz CT molecular complexity index is 896. The Hall–Kier alpha value is -2.72. The number of carbonyl (C=O) groups is 1. The van der Waals surface area contributed by atoms with E-state index in [0.29, 0.717) is 13.1 Å². The summed E-state index contributed by atoms with van der Waals surface area (Å²) in [5, 5.41) is 13.4. The van der Waals surface area contributed by atoms with Crippen LogP contribution in [0.4, 0.5) is 10.1 Å². The summed E-state index contributed by atoms with van der Waals surface area (Å²) in [5.74, 6) is -0.244. The van der Waals surface area contributed by atoms with Crippen LogP contribution in [0.1, 0.15) is 19.3 Å². The number of halogens is 1. The Morgan fingerprint density at radius 1 is 1.33 bits per heavy atom. The average Bonchev–Trinajstić information content (AvgIpc) is 3.31. The molecule has 140 valence electrons. The lowest BCUT2D eigenvalue weighted by molar-refractivity contribution is -0.132. The van der Waals surface area contributed by atoms with Gasteiger partial charge >= 0.3 is 0 Å². The van der Waals surface area contributed by atoms with Crippen LogP contribution >= 0.6 is 0 Å². The van der Waals surface area contributed by atoms with Gasteiger partial charge in [-0.3, -0.25) is 14.7 Å². The molecule has 1 amide bonds. The normalized spacial score (nSPS) is 22.9. The number of hydrogen-bond acceptors (Lipinski definition) is 5. The predicted octanol–water partition coefficient (Wildman–Crippen LogP) is 2.37. The van der Waals surface area contributed by atoms with E-state index in [4.69, 9.17) is 5.26 Å². The second kappa shape index (κ2) is 7.49. The molecule has 2 aromatic rings. The number of likely N-dealkylation sites (tertiary alicyclic amines) is 2. The van der Waals surface area contributed by atoms with Crippen LogP contribution in [-0.2, 0) is 4.79 Å². The quantitative estimate of drug-likeness (QED) is 0.898. The number of amides is 1. The Morgan fingerprint density at radius 2 is 2.22 bits per heavy atom. The summed E-state index contributed by atoms with van der Waals surface area (Å²) < 4.78 is 13.6. The van der Waals surface area contributed by atoms with Crippen molar-refractivity contribution in [3.63, 3.8) is 0 Å². The minimum Gasteiger partial charge on any atom is -0.380 e. The van der Waals surface area contributed by atoms with Gasteiger partial charge in [0.2, 0.25) is 5.91 Å². The second-order valence-electron chi connectivity index (χ2n) is 7.26. The number of anilines is 1. The number of nitrogens with zero attached hydrogens (tertiary/aromatic N) is 4. The molecule has 2 atom stereocenters. The first-order valence-electron chi connectivity index (χ1n) is 9.36. The molecule has 0 saturated carbocycles. The third kappa shape index (κ3) is 3.71. The van der Waals surface area contributed by atoms with Gasteiger partial charge in [-0.1, -0.05) is 0 Å². The molecular weight excluding hydrogens is 345 g/mol. The van der Waals surface area contributed by atoms with Crippen LogP contribution in [0, 0.1) is 17.1 Å². The van der Waals surface area contributed by atoms with E-state index in [9.17, 15) is 9.18 Å². The molecule has 2 fully saturated rings. The maximum atomic E-state index is 13.6. The molecular formula is C20H22FN5O. The van der Waals surface area contributed by atoms with Crippen molar-refractivity contribution >= 4 is 22.5 Å². The molecule has 3 heterocycles. The second-order valence-corrected chi connectivity index (χ2v) is 7.26. The molecule has 1 N–H and O–H groups in total. The van der Waals surface area contributed by atoms with Gasteiger partial charge in [-0.15, -0.1) is 0 Å². The monoisotopic (exact) mass is 367 g/mol. The van der Waals surface area contributed by atoms with Crippen molar-refractivity contribution < 1.29 is 9.18 Å². The van der Waals surface area contributed by atoms with Crippen LogP contribution in [-0.4, -0.2) is 59.0 Å². The number of nitrogens with one attached hydrogen (secondary N) is 1. The molecule has 0 aliphatic carbocycles. The van der Waals surface area contributed by atoms with Gasteiger partial charge in [-0.25, -0.2) is 4.39 Å². The van der Waals surface area contributed by atoms with Crippen LogP contribution in [0.5, 0.6) is 0 Å². The summed E-state index contributed by atoms with van der Waals surface area (Å²) in [4.78, 5) is 20.6. The molecule has 0 radical (unpaired) electrons. The molecule has 2 aliphatic heterocycles. The number of hydrogen-bond donors (Lipinski definition) is 1. The van der Waals surface area contributed by atoms with Crippen LogP contribution in [0.25, 0.3) is 10.9 Å². The van der Waals surface area contributed by atoms with Gasteiger partial charge in [0.1, 0.15) is 11.9 Å². The van der Waals surface area contributed by atoms with E-state index in [1.165, 1.54) is 12.1 Å². The molecule has 4 rings (SSSR count). The van der Waals surface area contributed by atoms with Crippen molar-refractivity contribution in [1.82, 2.24) is 14.8 Å². The van der Waals surface area contributed by atoms with Gasteiger partial charge < -0.3 is 10.2 Å². The third-order valence-electron chi connectivity index (χ3n) is 5.42. The zero-order valence-electron chi connectivity index (χ0n) is 15.1. The fraction of sp³-hybridized carbons (Fsp3) is 0.450. The fourth-order valence-corrected chi connectivity index (χ4v) is 4.04. The number of benzene rings is 1. The van der Waals surface area contributed by atoms with Crippen LogP contribution in [0.15, 0.2) is 30.5 Å². The number of aromatic nitrogens is 1. The lowest BCUT2D eigenvalue weighted by Gasteiger charge is -2.23. The number of carbonyl (C=O) groups excluding carboxylic acids is 1. The highest BCUT2D eigenvalue weighted by Crippen LogP contribution is 2.25. The first kappa shape index (κ1) is 17.7. The minimum absolute atomic E-state index is 0.0381. The number of fused-ring (bicyclic) bond motifs is 1. The van der Waals surface area contributed by atoms with Gasteiger partial charge in [0, 0.05) is 42.9 Å². The van der Waals surface area contributed by atoms with Crippen molar-refractivity contribution in [2.75, 3.05) is 31.5 Å². The summed E-state index contributed by atoms with van der Waals surface area (Å²) in [6.07, 6.45) is 4.31. The first-order chi connectivity index (χ1) is 13.1. The molecule has 6 nitrogen and oxygen atoms in total. The van der Waals surface area contributed by atoms with Crippen LogP contribution in [0.2, 0.25) is 0 Å². The first-order valence-corrected chi connectivity index (χ1v) is 9.36. The zero-order chi connectivity index (χ0) is 18.8. The maximum Gasteiger partial charge on any atom is 0.237 e. The molecule has 1 aromatic carbocycles. The van der Waals surface area contributed by atoms with Gasteiger partial charge in [-0.2, -0.15) is 5.26 Å². The van der Waals surface area contributed by atoms with E-state index in [0.717, 1.165) is 48.9 Å². The van der Waals surface area contributed by atoms with E-state index < -0.39 is 0 Å². The predicted molar refractivity (Wildman–Crippen MR) is 101 cm³/mol. The topological polar surface area (TPSA) is 72.3 Å². The van der Waals surface area contributed by atoms with Crippen LogP contribution in [0.3, 0.4) is 0 Å². The lowest BCUT2D eigenvalue weighted by atomic mass is 10.1. The molecule has 7 heteroatoms. The average molecular weight is 367 g/mol. The van der Waals surface area contributed by atoms with Crippen molar-refractivity contribution in [2.24, 2.45) is 0 Å². The largest absolute Gasteiger partial charge is 0.380 e. The van der Waals surface area contributed by atoms with Crippen LogP contribution < -0.4 is 5.32 Å². The highest BCUT2D eigenvalue weighted by atomic mass is 19.1. The molecule has 2 aliphatic rings. The Balaban J connectivity index is 1.38. The minimum atomic E-state index is -0.283. The third-order valence-corrected chi connectivity index (χ3v) is 5.42. The van der Waals surface area contributed by atoms with E-state index in [1.807, 2.05) is 6.07 Å². The van der Waals surface area contributed by atoms with E-state index in [-0.39, 0.29) is 23.8 Å². The summed E-state index contributed by atoms with van der Waals surface area (Å²) in [7, 11) is 0. The van der Waals surface area contributed by atoms with Gasteiger partial charge in [0.05, 0.1) is 18.1 Å². The van der Waals surface area contributed by atoms with E-state index >= 15 is 0 Å². The highest BCUT2D eigenvalue weighted by Gasteiger charge is 2.31. The van der Waals surface area contributed by atoms with Crippen molar-refractivity contribution in [3.05, 3.63) is 36.3 Å². The molecule has 1 aromatic heterocycles. The fourth-order valence-electron chi connectivity index (χ4n) is 4.04. The van der Waals surface area contributed by atoms with E-state index in [1.54, 1.807) is 17.2 Å².